The van der Waals surface area contributed by atoms with Gasteiger partial charge in [-0.05, 0) is 54.1 Å². The van der Waals surface area contributed by atoms with Crippen LogP contribution >= 0.6 is 22.6 Å². The fourth-order valence-electron chi connectivity index (χ4n) is 1.49. The summed E-state index contributed by atoms with van der Waals surface area (Å²) >= 11 is 2.02. The number of nitrogens with one attached hydrogen (secondary N) is 1. The monoisotopic (exact) mass is 377 g/mol. The summed E-state index contributed by atoms with van der Waals surface area (Å²) in [6.45, 7) is 3.09. The number of halogens is 1. The summed E-state index contributed by atoms with van der Waals surface area (Å²) in [6.07, 6.45) is 1.00. The molecule has 1 aromatic carbocycles. The van der Waals surface area contributed by atoms with Crippen molar-refractivity contribution in [1.82, 2.24) is 0 Å². The number of ether oxygens (including phenoxy) is 1. The Morgan fingerprint density at radius 3 is 2.74 bits per heavy atom. The number of hydrogen-bond acceptors (Lipinski definition) is 3. The highest BCUT2D eigenvalue weighted by atomic mass is 127. The minimum atomic E-state index is -1.01. The Balaban J connectivity index is 2.56. The Bertz CT molecular complexity index is 462. The van der Waals surface area contributed by atoms with E-state index in [0.29, 0.717) is 31.7 Å². The van der Waals surface area contributed by atoms with Crippen molar-refractivity contribution in [3.63, 3.8) is 0 Å². The normalized spacial score (nSPS) is 10.2. The number of carbonyl (C=O) groups excluding carboxylic acids is 1. The predicted octanol–water partition coefficient (Wildman–Crippen LogP) is 2.74. The third kappa shape index (κ3) is 6.02. The number of carboxylic acid groups (broad SMARTS) is 1. The lowest BCUT2D eigenvalue weighted by atomic mass is 10.2. The highest BCUT2D eigenvalue weighted by Crippen LogP contribution is 2.17. The molecule has 0 aliphatic heterocycles. The van der Waals surface area contributed by atoms with Crippen LogP contribution in [0, 0.1) is 3.57 Å². The molecule has 0 radical (unpaired) electrons. The molecular formula is C13H16INO4. The van der Waals surface area contributed by atoms with Crippen molar-refractivity contribution in [2.45, 2.75) is 19.8 Å². The third-order valence-electron chi connectivity index (χ3n) is 2.33. The van der Waals surface area contributed by atoms with Crippen LogP contribution < -0.4 is 5.32 Å². The fraction of sp³-hybridized carbons (Fsp3) is 0.385. The minimum Gasteiger partial charge on any atom is -0.478 e. The van der Waals surface area contributed by atoms with E-state index in [9.17, 15) is 9.59 Å². The van der Waals surface area contributed by atoms with Crippen LogP contribution in [0.4, 0.5) is 5.69 Å². The van der Waals surface area contributed by atoms with Crippen LogP contribution in [0.25, 0.3) is 0 Å². The first-order valence-electron chi connectivity index (χ1n) is 5.94. The number of carboxylic acids is 1. The maximum Gasteiger partial charge on any atom is 0.335 e. The van der Waals surface area contributed by atoms with Gasteiger partial charge in [-0.25, -0.2) is 4.79 Å². The zero-order valence-electron chi connectivity index (χ0n) is 10.6. The first kappa shape index (κ1) is 15.9. The molecule has 1 amide bonds. The summed E-state index contributed by atoms with van der Waals surface area (Å²) in [7, 11) is 0. The fourth-order valence-corrected chi connectivity index (χ4v) is 2.16. The zero-order chi connectivity index (χ0) is 14.3. The van der Waals surface area contributed by atoms with Crippen LogP contribution in [0.5, 0.6) is 0 Å². The van der Waals surface area contributed by atoms with Gasteiger partial charge < -0.3 is 15.2 Å². The van der Waals surface area contributed by atoms with Gasteiger partial charge in [-0.15, -0.1) is 0 Å². The van der Waals surface area contributed by atoms with E-state index in [1.807, 2.05) is 29.5 Å². The van der Waals surface area contributed by atoms with Gasteiger partial charge in [-0.2, -0.15) is 0 Å². The number of rotatable bonds is 7. The van der Waals surface area contributed by atoms with Crippen LogP contribution in [-0.2, 0) is 9.53 Å². The topological polar surface area (TPSA) is 75.6 Å². The van der Waals surface area contributed by atoms with Crippen molar-refractivity contribution in [2.24, 2.45) is 0 Å². The number of benzene rings is 1. The predicted molar refractivity (Wildman–Crippen MR) is 80.5 cm³/mol. The summed E-state index contributed by atoms with van der Waals surface area (Å²) in [5.74, 6) is -1.15. The van der Waals surface area contributed by atoms with Gasteiger partial charge in [0.1, 0.15) is 0 Å². The van der Waals surface area contributed by atoms with E-state index in [4.69, 9.17) is 9.84 Å². The van der Waals surface area contributed by atoms with E-state index >= 15 is 0 Å². The molecule has 0 atom stereocenters. The van der Waals surface area contributed by atoms with E-state index in [1.54, 1.807) is 12.1 Å². The quantitative estimate of drug-likeness (QED) is 0.566. The van der Waals surface area contributed by atoms with Crippen molar-refractivity contribution in [1.29, 1.82) is 0 Å². The molecular weight excluding hydrogens is 361 g/mol. The average molecular weight is 377 g/mol. The van der Waals surface area contributed by atoms with Crippen LogP contribution in [0.1, 0.15) is 30.1 Å². The van der Waals surface area contributed by atoms with E-state index in [2.05, 4.69) is 5.32 Å². The smallest absolute Gasteiger partial charge is 0.335 e. The van der Waals surface area contributed by atoms with E-state index < -0.39 is 5.97 Å². The summed E-state index contributed by atoms with van der Waals surface area (Å²) in [4.78, 5) is 22.6. The minimum absolute atomic E-state index is 0.141. The molecule has 1 rings (SSSR count). The molecule has 0 heterocycles. The molecule has 0 saturated carbocycles. The van der Waals surface area contributed by atoms with Gasteiger partial charge in [0.25, 0.3) is 0 Å². The van der Waals surface area contributed by atoms with Gasteiger partial charge in [0, 0.05) is 28.9 Å². The molecule has 0 spiro atoms. The van der Waals surface area contributed by atoms with Gasteiger partial charge in [-0.3, -0.25) is 4.79 Å². The van der Waals surface area contributed by atoms with Crippen molar-refractivity contribution < 1.29 is 19.4 Å². The van der Waals surface area contributed by atoms with Crippen LogP contribution in [0.3, 0.4) is 0 Å². The van der Waals surface area contributed by atoms with E-state index in [-0.39, 0.29) is 11.5 Å². The molecule has 0 bridgehead atoms. The Morgan fingerprint density at radius 2 is 2.11 bits per heavy atom. The zero-order valence-corrected chi connectivity index (χ0v) is 12.8. The largest absolute Gasteiger partial charge is 0.478 e. The standard InChI is InChI=1S/C13H16INO4/c1-2-19-5-3-4-12(16)15-11-7-9(13(17)18)6-10(14)8-11/h6-8H,2-5H2,1H3,(H,15,16)(H,17,18). The molecule has 1 aromatic rings. The van der Waals surface area contributed by atoms with E-state index in [0.717, 1.165) is 3.57 Å². The lowest BCUT2D eigenvalue weighted by Crippen LogP contribution is -2.13. The molecule has 0 fully saturated rings. The molecule has 0 aliphatic carbocycles. The maximum absolute atomic E-state index is 11.7. The molecule has 0 aromatic heterocycles. The first-order chi connectivity index (χ1) is 9.02. The van der Waals surface area contributed by atoms with Gasteiger partial charge >= 0.3 is 5.97 Å². The summed E-state index contributed by atoms with van der Waals surface area (Å²) < 4.78 is 5.91. The Kier molecular flexibility index (Phi) is 6.79. The van der Waals surface area contributed by atoms with Gasteiger partial charge in [0.2, 0.25) is 5.91 Å². The van der Waals surface area contributed by atoms with Crippen LogP contribution in [-0.4, -0.2) is 30.2 Å². The Hall–Kier alpha value is -1.15. The van der Waals surface area contributed by atoms with Crippen molar-refractivity contribution in [3.05, 3.63) is 27.3 Å². The van der Waals surface area contributed by atoms with E-state index in [1.165, 1.54) is 6.07 Å². The second-order valence-corrected chi connectivity index (χ2v) is 5.13. The van der Waals surface area contributed by atoms with Crippen LogP contribution in [0.15, 0.2) is 18.2 Å². The number of aromatic carboxylic acids is 1. The maximum atomic E-state index is 11.7. The molecule has 104 valence electrons. The number of carbonyl (C=O) groups is 2. The number of amides is 1. The summed E-state index contributed by atoms with van der Waals surface area (Å²) in [5.41, 5.74) is 0.669. The highest BCUT2D eigenvalue weighted by molar-refractivity contribution is 14.1. The lowest BCUT2D eigenvalue weighted by molar-refractivity contribution is -0.116. The summed E-state index contributed by atoms with van der Waals surface area (Å²) in [5, 5.41) is 11.6. The second-order valence-electron chi connectivity index (χ2n) is 3.88. The Morgan fingerprint density at radius 1 is 1.37 bits per heavy atom. The highest BCUT2D eigenvalue weighted by Gasteiger charge is 2.08. The average Bonchev–Trinajstić information content (AvgIpc) is 2.34. The van der Waals surface area contributed by atoms with Crippen molar-refractivity contribution >= 4 is 40.2 Å². The molecule has 19 heavy (non-hydrogen) atoms. The number of hydrogen-bond donors (Lipinski definition) is 2. The first-order valence-corrected chi connectivity index (χ1v) is 7.02. The second kappa shape index (κ2) is 8.11. The number of anilines is 1. The SMILES string of the molecule is CCOCCCC(=O)Nc1cc(I)cc(C(=O)O)c1. The van der Waals surface area contributed by atoms with Crippen molar-refractivity contribution in [3.8, 4) is 0 Å². The van der Waals surface area contributed by atoms with Gasteiger partial charge in [0.05, 0.1) is 5.56 Å². The molecule has 5 nitrogen and oxygen atoms in total. The molecule has 6 heteroatoms. The molecule has 0 unspecified atom stereocenters. The molecule has 0 aliphatic rings. The molecule has 0 saturated heterocycles. The lowest BCUT2D eigenvalue weighted by Gasteiger charge is -2.07. The summed E-state index contributed by atoms with van der Waals surface area (Å²) in [6, 6.07) is 4.73. The molecule has 2 N–H and O–H groups in total. The van der Waals surface area contributed by atoms with Gasteiger partial charge in [0.15, 0.2) is 0 Å². The van der Waals surface area contributed by atoms with Gasteiger partial charge in [-0.1, -0.05) is 0 Å². The van der Waals surface area contributed by atoms with Crippen LogP contribution in [0.2, 0.25) is 0 Å². The Labute approximate surface area is 125 Å². The third-order valence-corrected chi connectivity index (χ3v) is 2.95. The van der Waals surface area contributed by atoms with Crippen molar-refractivity contribution in [2.75, 3.05) is 18.5 Å².